The summed E-state index contributed by atoms with van der Waals surface area (Å²) >= 11 is 1.51. The molecule has 0 saturated heterocycles. The molecule has 0 aliphatic heterocycles. The Labute approximate surface area is 145 Å². The number of aryl methyl sites for hydroxylation is 1. The predicted octanol–water partition coefficient (Wildman–Crippen LogP) is 3.50. The number of rotatable bonds is 5. The Hall–Kier alpha value is -2.28. The number of hydrogen-bond acceptors (Lipinski definition) is 6. The lowest BCUT2D eigenvalue weighted by Crippen LogP contribution is -2.01. The van der Waals surface area contributed by atoms with Crippen LogP contribution in [-0.4, -0.2) is 29.7 Å². The van der Waals surface area contributed by atoms with Crippen LogP contribution < -0.4 is 0 Å². The fourth-order valence-corrected chi connectivity index (χ4v) is 3.17. The summed E-state index contributed by atoms with van der Waals surface area (Å²) < 4.78 is 2.02. The van der Waals surface area contributed by atoms with Gasteiger partial charge in [-0.15, -0.1) is 10.2 Å². The van der Waals surface area contributed by atoms with E-state index in [0.717, 1.165) is 33.7 Å². The molecular formula is C17H20N6S. The zero-order valence-electron chi connectivity index (χ0n) is 14.3. The van der Waals surface area contributed by atoms with Gasteiger partial charge in [-0.05, 0) is 36.4 Å². The highest BCUT2D eigenvalue weighted by Crippen LogP contribution is 2.28. The fraction of sp³-hybridized carbons (Fsp3) is 0.353. The molecule has 6 nitrogen and oxygen atoms in total. The maximum atomic E-state index is 4.69. The van der Waals surface area contributed by atoms with Crippen LogP contribution in [0.15, 0.2) is 40.8 Å². The fourth-order valence-electron chi connectivity index (χ4n) is 2.35. The van der Waals surface area contributed by atoms with E-state index in [4.69, 9.17) is 0 Å². The van der Waals surface area contributed by atoms with Gasteiger partial charge in [-0.1, -0.05) is 20.8 Å². The van der Waals surface area contributed by atoms with Gasteiger partial charge in [0.25, 0.3) is 0 Å². The van der Waals surface area contributed by atoms with Crippen molar-refractivity contribution < 1.29 is 0 Å². The van der Waals surface area contributed by atoms with Crippen molar-refractivity contribution in [3.63, 3.8) is 0 Å². The average molecular weight is 340 g/mol. The highest BCUT2D eigenvalue weighted by molar-refractivity contribution is 7.99. The van der Waals surface area contributed by atoms with Gasteiger partial charge in [-0.3, -0.25) is 4.98 Å². The van der Waals surface area contributed by atoms with Crippen molar-refractivity contribution in [2.24, 2.45) is 7.05 Å². The van der Waals surface area contributed by atoms with E-state index in [9.17, 15) is 0 Å². The topological polar surface area (TPSA) is 69.4 Å². The first-order chi connectivity index (χ1) is 11.6. The minimum Gasteiger partial charge on any atom is -0.309 e. The minimum atomic E-state index is 0.334. The van der Waals surface area contributed by atoms with Crippen molar-refractivity contribution in [1.82, 2.24) is 29.7 Å². The lowest BCUT2D eigenvalue weighted by Gasteiger charge is -2.08. The van der Waals surface area contributed by atoms with Gasteiger partial charge < -0.3 is 4.57 Å². The summed E-state index contributed by atoms with van der Waals surface area (Å²) in [6.07, 6.45) is 4.35. The lowest BCUT2D eigenvalue weighted by atomic mass is 10.2. The molecular weight excluding hydrogens is 320 g/mol. The Morgan fingerprint density at radius 3 is 2.50 bits per heavy atom. The van der Waals surface area contributed by atoms with Gasteiger partial charge in [-0.25, -0.2) is 9.97 Å². The van der Waals surface area contributed by atoms with E-state index in [1.807, 2.05) is 29.8 Å². The minimum absolute atomic E-state index is 0.334. The summed E-state index contributed by atoms with van der Waals surface area (Å²) in [7, 11) is 1.99. The third-order valence-corrected chi connectivity index (χ3v) is 4.59. The summed E-state index contributed by atoms with van der Waals surface area (Å²) in [5.74, 6) is 2.02. The SMILES string of the molecule is CCc1cc(Sc2nnc(C(C)C)n2C)nc(-c2ccncc2)n1. The molecule has 0 bridgehead atoms. The number of pyridine rings is 1. The van der Waals surface area contributed by atoms with Crippen LogP contribution in [0.5, 0.6) is 0 Å². The van der Waals surface area contributed by atoms with Crippen LogP contribution in [-0.2, 0) is 13.5 Å². The smallest absolute Gasteiger partial charge is 0.197 e. The highest BCUT2D eigenvalue weighted by Gasteiger charge is 2.15. The first-order valence-electron chi connectivity index (χ1n) is 7.94. The Balaban J connectivity index is 1.96. The average Bonchev–Trinajstić information content (AvgIpc) is 2.96. The van der Waals surface area contributed by atoms with Gasteiger partial charge in [0.15, 0.2) is 11.0 Å². The third kappa shape index (κ3) is 3.46. The molecule has 0 aromatic carbocycles. The molecule has 0 aliphatic carbocycles. The summed E-state index contributed by atoms with van der Waals surface area (Å²) in [5, 5.41) is 10.3. The van der Waals surface area contributed by atoms with Gasteiger partial charge in [-0.2, -0.15) is 0 Å². The molecule has 0 saturated carbocycles. The van der Waals surface area contributed by atoms with Crippen molar-refractivity contribution >= 4 is 11.8 Å². The second-order valence-electron chi connectivity index (χ2n) is 5.77. The molecule has 0 amide bonds. The zero-order chi connectivity index (χ0) is 17.1. The maximum Gasteiger partial charge on any atom is 0.197 e. The Kier molecular flexibility index (Phi) is 4.89. The molecule has 0 radical (unpaired) electrons. The van der Waals surface area contributed by atoms with Gasteiger partial charge >= 0.3 is 0 Å². The molecule has 3 aromatic rings. The first kappa shape index (κ1) is 16.6. The highest BCUT2D eigenvalue weighted by atomic mass is 32.2. The zero-order valence-corrected chi connectivity index (χ0v) is 15.1. The molecule has 0 N–H and O–H groups in total. The molecule has 0 atom stereocenters. The Morgan fingerprint density at radius 1 is 1.12 bits per heavy atom. The second kappa shape index (κ2) is 7.09. The van der Waals surface area contributed by atoms with Crippen LogP contribution in [0.3, 0.4) is 0 Å². The summed E-state index contributed by atoms with van der Waals surface area (Å²) in [4.78, 5) is 13.4. The van der Waals surface area contributed by atoms with Crippen molar-refractivity contribution in [2.75, 3.05) is 0 Å². The maximum absolute atomic E-state index is 4.69. The number of hydrogen-bond donors (Lipinski definition) is 0. The second-order valence-corrected chi connectivity index (χ2v) is 6.75. The molecule has 0 spiro atoms. The van der Waals surface area contributed by atoms with Gasteiger partial charge in [0, 0.05) is 36.6 Å². The van der Waals surface area contributed by atoms with E-state index in [-0.39, 0.29) is 0 Å². The van der Waals surface area contributed by atoms with Crippen LogP contribution in [0.4, 0.5) is 0 Å². The molecule has 7 heteroatoms. The van der Waals surface area contributed by atoms with Crippen LogP contribution in [0, 0.1) is 0 Å². The standard InChI is InChI=1S/C17H20N6S/c1-5-13-10-14(20-15(19-13)12-6-8-18-9-7-12)24-17-22-21-16(11(2)3)23(17)4/h6-11H,5H2,1-4H3. The van der Waals surface area contributed by atoms with E-state index in [0.29, 0.717) is 11.7 Å². The van der Waals surface area contributed by atoms with Crippen LogP contribution in [0.25, 0.3) is 11.4 Å². The van der Waals surface area contributed by atoms with Crippen LogP contribution in [0.2, 0.25) is 0 Å². The van der Waals surface area contributed by atoms with Crippen LogP contribution in [0.1, 0.15) is 38.2 Å². The number of nitrogens with zero attached hydrogens (tertiary/aromatic N) is 6. The summed E-state index contributed by atoms with van der Waals surface area (Å²) in [6, 6.07) is 5.85. The molecule has 0 fully saturated rings. The van der Waals surface area contributed by atoms with Gasteiger partial charge in [0.1, 0.15) is 10.9 Å². The lowest BCUT2D eigenvalue weighted by molar-refractivity contribution is 0.679. The van der Waals surface area contributed by atoms with E-state index in [2.05, 4.69) is 45.9 Å². The molecule has 124 valence electrons. The van der Waals surface area contributed by atoms with E-state index in [1.165, 1.54) is 11.8 Å². The van der Waals surface area contributed by atoms with E-state index >= 15 is 0 Å². The Morgan fingerprint density at radius 2 is 1.88 bits per heavy atom. The molecule has 24 heavy (non-hydrogen) atoms. The van der Waals surface area contributed by atoms with Crippen molar-refractivity contribution in [1.29, 1.82) is 0 Å². The molecule has 3 heterocycles. The van der Waals surface area contributed by atoms with Gasteiger partial charge in [0.2, 0.25) is 0 Å². The molecule has 3 rings (SSSR count). The predicted molar refractivity (Wildman–Crippen MR) is 93.9 cm³/mol. The number of aromatic nitrogens is 6. The first-order valence-corrected chi connectivity index (χ1v) is 8.75. The van der Waals surface area contributed by atoms with Gasteiger partial charge in [0.05, 0.1) is 0 Å². The largest absolute Gasteiger partial charge is 0.309 e. The summed E-state index contributed by atoms with van der Waals surface area (Å²) in [5.41, 5.74) is 1.97. The molecule has 0 unspecified atom stereocenters. The van der Waals surface area contributed by atoms with Crippen LogP contribution >= 0.6 is 11.8 Å². The van der Waals surface area contributed by atoms with E-state index in [1.54, 1.807) is 12.4 Å². The summed E-state index contributed by atoms with van der Waals surface area (Å²) in [6.45, 7) is 6.31. The third-order valence-electron chi connectivity index (χ3n) is 3.64. The molecule has 0 aliphatic rings. The normalized spacial score (nSPS) is 11.2. The van der Waals surface area contributed by atoms with Crippen molar-refractivity contribution in [3.8, 4) is 11.4 Å². The molecule has 3 aromatic heterocycles. The van der Waals surface area contributed by atoms with E-state index < -0.39 is 0 Å². The van der Waals surface area contributed by atoms with Crippen molar-refractivity contribution in [3.05, 3.63) is 42.1 Å². The Bertz CT molecular complexity index is 828. The van der Waals surface area contributed by atoms with Crippen molar-refractivity contribution in [2.45, 2.75) is 43.3 Å². The quantitative estimate of drug-likeness (QED) is 0.662. The monoisotopic (exact) mass is 340 g/mol.